The van der Waals surface area contributed by atoms with Crippen LogP contribution >= 0.6 is 11.6 Å². The van der Waals surface area contributed by atoms with Gasteiger partial charge in [-0.25, -0.2) is 0 Å². The van der Waals surface area contributed by atoms with Gasteiger partial charge in [0.25, 0.3) is 0 Å². The molecule has 0 saturated heterocycles. The molecule has 2 aromatic rings. The monoisotopic (exact) mass is 420 g/mol. The molecule has 0 fully saturated rings. The summed E-state index contributed by atoms with van der Waals surface area (Å²) in [4.78, 5) is 6.36. The van der Waals surface area contributed by atoms with E-state index in [1.54, 1.807) is 0 Å². The van der Waals surface area contributed by atoms with Crippen molar-refractivity contribution in [1.82, 2.24) is 15.4 Å². The minimum absolute atomic E-state index is 0.0915. The molecule has 2 aliphatic heterocycles. The number of hydrogen-bond donors (Lipinski definition) is 1. The molecule has 0 aliphatic carbocycles. The lowest BCUT2D eigenvalue weighted by atomic mass is 10.0. The molecule has 1 atom stereocenters. The van der Waals surface area contributed by atoms with Gasteiger partial charge in [-0.2, -0.15) is 13.2 Å². The zero-order valence-corrected chi connectivity index (χ0v) is 16.9. The molecule has 4 nitrogen and oxygen atoms in total. The number of pyridine rings is 1. The molecule has 1 aromatic heterocycles. The van der Waals surface area contributed by atoms with Crippen molar-refractivity contribution >= 4 is 22.9 Å². The first-order chi connectivity index (χ1) is 13.6. The van der Waals surface area contributed by atoms with Crippen LogP contribution in [-0.4, -0.2) is 22.6 Å². The molecule has 2 aliphatic rings. The molecule has 0 amide bonds. The number of halogens is 4. The van der Waals surface area contributed by atoms with Gasteiger partial charge in [0.15, 0.2) is 0 Å². The Labute approximate surface area is 172 Å². The van der Waals surface area contributed by atoms with E-state index < -0.39 is 11.7 Å². The van der Waals surface area contributed by atoms with E-state index in [0.29, 0.717) is 12.2 Å². The number of hydrogen-bond acceptors (Lipinski definition) is 4. The van der Waals surface area contributed by atoms with Crippen LogP contribution in [0.15, 0.2) is 48.4 Å². The fraction of sp³-hybridized carbons (Fsp3) is 0.286. The Kier molecular flexibility index (Phi) is 4.73. The Hall–Kier alpha value is -2.67. The second-order valence-corrected chi connectivity index (χ2v) is 7.78. The quantitative estimate of drug-likeness (QED) is 0.716. The van der Waals surface area contributed by atoms with E-state index in [2.05, 4.69) is 22.3 Å². The van der Waals surface area contributed by atoms with E-state index in [4.69, 9.17) is 11.6 Å². The zero-order chi connectivity index (χ0) is 20.9. The molecule has 1 N–H and O–H groups in total. The number of fused-ring (bicyclic) bond motifs is 1. The summed E-state index contributed by atoms with van der Waals surface area (Å²) in [5.74, 6) is 0. The zero-order valence-electron chi connectivity index (χ0n) is 16.2. The number of nitrogens with zero attached hydrogens (tertiary/aromatic N) is 3. The van der Waals surface area contributed by atoms with Crippen LogP contribution in [0.3, 0.4) is 0 Å². The normalized spacial score (nSPS) is 18.9. The number of benzene rings is 1. The van der Waals surface area contributed by atoms with Gasteiger partial charge < -0.3 is 10.3 Å². The second-order valence-electron chi connectivity index (χ2n) is 7.37. The average molecular weight is 421 g/mol. The van der Waals surface area contributed by atoms with Crippen LogP contribution in [0, 0.1) is 13.8 Å². The Bertz CT molecular complexity index is 1010. The number of nitrogens with one attached hydrogen (secondary N) is 1. The highest BCUT2D eigenvalue weighted by atomic mass is 35.5. The minimum atomic E-state index is -4.47. The lowest BCUT2D eigenvalue weighted by Gasteiger charge is -2.38. The number of hydrazine groups is 1. The highest BCUT2D eigenvalue weighted by Gasteiger charge is 2.35. The van der Waals surface area contributed by atoms with Crippen LogP contribution < -0.4 is 10.3 Å². The van der Waals surface area contributed by atoms with E-state index in [-0.39, 0.29) is 11.1 Å². The summed E-state index contributed by atoms with van der Waals surface area (Å²) in [7, 11) is 0. The summed E-state index contributed by atoms with van der Waals surface area (Å²) in [6, 6.07) is 7.99. The van der Waals surface area contributed by atoms with Crippen molar-refractivity contribution in [3.8, 4) is 0 Å². The minimum Gasteiger partial charge on any atom is -0.344 e. The molecule has 0 saturated carbocycles. The summed E-state index contributed by atoms with van der Waals surface area (Å²) >= 11 is 5.93. The van der Waals surface area contributed by atoms with E-state index in [1.807, 2.05) is 43.3 Å². The van der Waals surface area contributed by atoms with E-state index >= 15 is 0 Å². The van der Waals surface area contributed by atoms with Crippen LogP contribution in [0.25, 0.3) is 5.57 Å². The Morgan fingerprint density at radius 1 is 1.14 bits per heavy atom. The maximum absolute atomic E-state index is 13.0. The second kappa shape index (κ2) is 6.99. The highest BCUT2D eigenvalue weighted by molar-refractivity contribution is 6.31. The largest absolute Gasteiger partial charge is 0.417 e. The molecule has 4 rings (SSSR count). The number of anilines is 1. The van der Waals surface area contributed by atoms with Crippen LogP contribution in [0.2, 0.25) is 5.02 Å². The van der Waals surface area contributed by atoms with Gasteiger partial charge >= 0.3 is 6.18 Å². The van der Waals surface area contributed by atoms with Crippen molar-refractivity contribution in [1.29, 1.82) is 0 Å². The third-order valence-corrected chi connectivity index (χ3v) is 5.36. The standard InChI is InChI=1S/C21H20ClF3N4/c1-12-6-15(7-13(2)27-12)17-9-26-29-14(3)10-28(11-20(17)29)16-4-5-18(19(22)8-16)21(23,24)25/h4-9,11,14,26H,10H2,1-3H3/t14-/m0/s1. The van der Waals surface area contributed by atoms with Crippen molar-refractivity contribution in [2.75, 3.05) is 11.4 Å². The number of aryl methyl sites for hydroxylation is 2. The number of rotatable bonds is 2. The molecule has 0 unspecified atom stereocenters. The molecule has 3 heterocycles. The average Bonchev–Trinajstić information content (AvgIpc) is 3.04. The lowest BCUT2D eigenvalue weighted by molar-refractivity contribution is -0.137. The maximum atomic E-state index is 13.0. The number of alkyl halides is 3. The molecule has 0 radical (unpaired) electrons. The van der Waals surface area contributed by atoms with Gasteiger partial charge in [0.05, 0.1) is 22.3 Å². The van der Waals surface area contributed by atoms with Gasteiger partial charge in [-0.1, -0.05) is 11.6 Å². The predicted octanol–water partition coefficient (Wildman–Crippen LogP) is 5.28. The fourth-order valence-corrected chi connectivity index (χ4v) is 4.07. The molecule has 29 heavy (non-hydrogen) atoms. The highest BCUT2D eigenvalue weighted by Crippen LogP contribution is 2.39. The summed E-state index contributed by atoms with van der Waals surface area (Å²) in [5, 5.41) is 1.76. The first-order valence-corrected chi connectivity index (χ1v) is 9.58. The fourth-order valence-electron chi connectivity index (χ4n) is 3.78. The van der Waals surface area contributed by atoms with Crippen molar-refractivity contribution in [2.45, 2.75) is 33.0 Å². The predicted molar refractivity (Wildman–Crippen MR) is 108 cm³/mol. The van der Waals surface area contributed by atoms with Gasteiger partial charge in [-0.15, -0.1) is 0 Å². The van der Waals surface area contributed by atoms with Gasteiger partial charge in [-0.05, 0) is 56.7 Å². The van der Waals surface area contributed by atoms with Crippen molar-refractivity contribution in [2.24, 2.45) is 0 Å². The SMILES string of the molecule is Cc1cc(C2=CNN3C2=CN(c2ccc(C(F)(F)F)c(Cl)c2)C[C@@H]3C)cc(C)n1. The number of allylic oxidation sites excluding steroid dienone is 1. The molecule has 0 bridgehead atoms. The van der Waals surface area contributed by atoms with E-state index in [1.165, 1.54) is 12.1 Å². The Balaban J connectivity index is 1.72. The molecule has 1 aromatic carbocycles. The third-order valence-electron chi connectivity index (χ3n) is 5.05. The van der Waals surface area contributed by atoms with Crippen LogP contribution in [0.1, 0.15) is 29.4 Å². The summed E-state index contributed by atoms with van der Waals surface area (Å²) < 4.78 is 39.1. The summed E-state index contributed by atoms with van der Waals surface area (Å²) in [6.45, 7) is 6.56. The van der Waals surface area contributed by atoms with Gasteiger partial charge in [0.1, 0.15) is 0 Å². The van der Waals surface area contributed by atoms with Crippen LogP contribution in [0.4, 0.5) is 18.9 Å². The lowest BCUT2D eigenvalue weighted by Crippen LogP contribution is -2.47. The van der Waals surface area contributed by atoms with Crippen molar-refractivity contribution in [3.63, 3.8) is 0 Å². The first kappa shape index (κ1) is 19.6. The third kappa shape index (κ3) is 3.67. The Morgan fingerprint density at radius 3 is 2.45 bits per heavy atom. The molecular weight excluding hydrogens is 401 g/mol. The van der Waals surface area contributed by atoms with E-state index in [9.17, 15) is 13.2 Å². The molecule has 0 spiro atoms. The smallest absolute Gasteiger partial charge is 0.344 e. The van der Waals surface area contributed by atoms with Crippen molar-refractivity contribution in [3.05, 3.63) is 76.0 Å². The summed E-state index contributed by atoms with van der Waals surface area (Å²) in [6.07, 6.45) is -0.585. The van der Waals surface area contributed by atoms with Gasteiger partial charge in [0.2, 0.25) is 0 Å². The molecule has 152 valence electrons. The first-order valence-electron chi connectivity index (χ1n) is 9.20. The molecule has 8 heteroatoms. The Morgan fingerprint density at radius 2 is 1.83 bits per heavy atom. The van der Waals surface area contributed by atoms with E-state index in [0.717, 1.165) is 34.3 Å². The van der Waals surface area contributed by atoms with Gasteiger partial charge in [0, 0.05) is 41.6 Å². The molecular formula is C21H20ClF3N4. The van der Waals surface area contributed by atoms with Crippen molar-refractivity contribution < 1.29 is 13.2 Å². The van der Waals surface area contributed by atoms with Crippen LogP contribution in [0.5, 0.6) is 0 Å². The van der Waals surface area contributed by atoms with Gasteiger partial charge in [-0.3, -0.25) is 9.99 Å². The maximum Gasteiger partial charge on any atom is 0.417 e. The summed E-state index contributed by atoms with van der Waals surface area (Å²) in [5.41, 5.74) is 7.93. The number of aromatic nitrogens is 1. The van der Waals surface area contributed by atoms with Crippen LogP contribution in [-0.2, 0) is 6.18 Å². The topological polar surface area (TPSA) is 31.4 Å².